The highest BCUT2D eigenvalue weighted by Gasteiger charge is 2.25. The standard InChI is InChI=1S/C12H18N2O4/c1-4-14(8-10-6-5-7-18-10)12(17)13(3)9(2)11(15)16/h5-7,9H,4,8H2,1-3H3,(H,15,16). The maximum absolute atomic E-state index is 12.1. The van der Waals surface area contributed by atoms with Gasteiger partial charge >= 0.3 is 12.0 Å². The van der Waals surface area contributed by atoms with E-state index in [1.165, 1.54) is 30.0 Å². The Kier molecular flexibility index (Phi) is 4.76. The van der Waals surface area contributed by atoms with Crippen LogP contribution in [0.1, 0.15) is 19.6 Å². The van der Waals surface area contributed by atoms with Gasteiger partial charge in [-0.2, -0.15) is 0 Å². The summed E-state index contributed by atoms with van der Waals surface area (Å²) in [5, 5.41) is 8.88. The third-order valence-electron chi connectivity index (χ3n) is 2.82. The Hall–Kier alpha value is -1.98. The van der Waals surface area contributed by atoms with E-state index in [1.807, 2.05) is 6.92 Å². The number of carbonyl (C=O) groups is 2. The molecule has 1 aromatic rings. The van der Waals surface area contributed by atoms with Crippen molar-refractivity contribution in [2.24, 2.45) is 0 Å². The van der Waals surface area contributed by atoms with Gasteiger partial charge in [0.25, 0.3) is 0 Å². The average Bonchev–Trinajstić information content (AvgIpc) is 2.85. The molecule has 0 spiro atoms. The molecule has 1 atom stereocenters. The van der Waals surface area contributed by atoms with Crippen molar-refractivity contribution in [2.45, 2.75) is 26.4 Å². The van der Waals surface area contributed by atoms with Crippen LogP contribution in [0.3, 0.4) is 0 Å². The maximum Gasteiger partial charge on any atom is 0.326 e. The largest absolute Gasteiger partial charge is 0.480 e. The van der Waals surface area contributed by atoms with Crippen molar-refractivity contribution in [1.29, 1.82) is 0 Å². The lowest BCUT2D eigenvalue weighted by Gasteiger charge is -2.28. The molecule has 1 unspecified atom stereocenters. The number of hydrogen-bond acceptors (Lipinski definition) is 3. The van der Waals surface area contributed by atoms with Crippen LogP contribution >= 0.6 is 0 Å². The van der Waals surface area contributed by atoms with Crippen molar-refractivity contribution in [3.8, 4) is 0 Å². The normalized spacial score (nSPS) is 11.9. The van der Waals surface area contributed by atoms with Crippen molar-refractivity contribution in [3.63, 3.8) is 0 Å². The molecule has 0 aromatic carbocycles. The Morgan fingerprint density at radius 1 is 1.50 bits per heavy atom. The molecule has 2 amide bonds. The molecule has 18 heavy (non-hydrogen) atoms. The van der Waals surface area contributed by atoms with Crippen LogP contribution in [0.2, 0.25) is 0 Å². The minimum atomic E-state index is -1.03. The molecule has 0 saturated carbocycles. The molecule has 1 aromatic heterocycles. The summed E-state index contributed by atoms with van der Waals surface area (Å²) in [5.41, 5.74) is 0. The fourth-order valence-corrected chi connectivity index (χ4v) is 1.46. The van der Waals surface area contributed by atoms with E-state index in [9.17, 15) is 9.59 Å². The first-order valence-corrected chi connectivity index (χ1v) is 5.74. The van der Waals surface area contributed by atoms with Gasteiger partial charge in [-0.05, 0) is 26.0 Å². The number of carboxylic acids is 1. The lowest BCUT2D eigenvalue weighted by molar-refractivity contribution is -0.141. The Bertz CT molecular complexity index is 402. The number of nitrogens with zero attached hydrogens (tertiary/aromatic N) is 2. The topological polar surface area (TPSA) is 74.0 Å². The molecule has 0 saturated heterocycles. The summed E-state index contributed by atoms with van der Waals surface area (Å²) in [6.07, 6.45) is 1.54. The van der Waals surface area contributed by atoms with E-state index < -0.39 is 12.0 Å². The number of likely N-dealkylation sites (N-methyl/N-ethyl adjacent to an activating group) is 1. The number of amides is 2. The summed E-state index contributed by atoms with van der Waals surface area (Å²) < 4.78 is 5.17. The quantitative estimate of drug-likeness (QED) is 0.866. The Balaban J connectivity index is 2.70. The van der Waals surface area contributed by atoms with Gasteiger partial charge in [-0.15, -0.1) is 0 Å². The molecule has 100 valence electrons. The minimum absolute atomic E-state index is 0.330. The van der Waals surface area contributed by atoms with E-state index in [2.05, 4.69) is 0 Å². The fourth-order valence-electron chi connectivity index (χ4n) is 1.46. The number of hydrogen-bond donors (Lipinski definition) is 1. The Labute approximate surface area is 106 Å². The number of carbonyl (C=O) groups excluding carboxylic acids is 1. The molecular formula is C12H18N2O4. The number of furan rings is 1. The van der Waals surface area contributed by atoms with Crippen LogP contribution in [0.25, 0.3) is 0 Å². The molecule has 6 nitrogen and oxygen atoms in total. The summed E-state index contributed by atoms with van der Waals surface area (Å²) in [4.78, 5) is 25.7. The summed E-state index contributed by atoms with van der Waals surface area (Å²) in [6, 6.07) is 2.33. The highest BCUT2D eigenvalue weighted by molar-refractivity contribution is 5.82. The second-order valence-corrected chi connectivity index (χ2v) is 4.00. The van der Waals surface area contributed by atoms with E-state index in [1.54, 1.807) is 12.1 Å². The summed E-state index contributed by atoms with van der Waals surface area (Å²) in [6.45, 7) is 4.12. The van der Waals surface area contributed by atoms with Gasteiger partial charge in [-0.1, -0.05) is 0 Å². The second kappa shape index (κ2) is 6.09. The predicted molar refractivity (Wildman–Crippen MR) is 65.0 cm³/mol. The van der Waals surface area contributed by atoms with Crippen LogP contribution in [-0.4, -0.2) is 46.5 Å². The molecule has 0 radical (unpaired) electrons. The van der Waals surface area contributed by atoms with Gasteiger partial charge in [-0.25, -0.2) is 9.59 Å². The van der Waals surface area contributed by atoms with Crippen molar-refractivity contribution < 1.29 is 19.1 Å². The van der Waals surface area contributed by atoms with Crippen LogP contribution < -0.4 is 0 Å². The zero-order valence-corrected chi connectivity index (χ0v) is 10.8. The van der Waals surface area contributed by atoms with Crippen LogP contribution in [-0.2, 0) is 11.3 Å². The van der Waals surface area contributed by atoms with Crippen molar-refractivity contribution in [1.82, 2.24) is 9.80 Å². The highest BCUT2D eigenvalue weighted by Crippen LogP contribution is 2.09. The van der Waals surface area contributed by atoms with E-state index in [4.69, 9.17) is 9.52 Å². The zero-order chi connectivity index (χ0) is 13.7. The molecule has 0 aliphatic rings. The second-order valence-electron chi connectivity index (χ2n) is 4.00. The lowest BCUT2D eigenvalue weighted by atomic mass is 10.3. The third-order valence-corrected chi connectivity index (χ3v) is 2.82. The van der Waals surface area contributed by atoms with Gasteiger partial charge in [0.2, 0.25) is 0 Å². The SMILES string of the molecule is CCN(Cc1ccco1)C(=O)N(C)C(C)C(=O)O. The molecule has 0 fully saturated rings. The smallest absolute Gasteiger partial charge is 0.326 e. The van der Waals surface area contributed by atoms with E-state index >= 15 is 0 Å². The van der Waals surface area contributed by atoms with Crippen LogP contribution in [0, 0.1) is 0 Å². The van der Waals surface area contributed by atoms with Gasteiger partial charge < -0.3 is 19.3 Å². The van der Waals surface area contributed by atoms with Gasteiger partial charge in [-0.3, -0.25) is 0 Å². The van der Waals surface area contributed by atoms with E-state index in [0.29, 0.717) is 18.8 Å². The lowest BCUT2D eigenvalue weighted by Crippen LogP contribution is -2.47. The molecule has 1 rings (SSSR count). The first kappa shape index (κ1) is 14.1. The van der Waals surface area contributed by atoms with E-state index in [0.717, 1.165) is 0 Å². The predicted octanol–water partition coefficient (Wildman–Crippen LogP) is 1.63. The average molecular weight is 254 g/mol. The van der Waals surface area contributed by atoms with Gasteiger partial charge in [0.1, 0.15) is 11.8 Å². The molecule has 1 N–H and O–H groups in total. The zero-order valence-electron chi connectivity index (χ0n) is 10.8. The molecular weight excluding hydrogens is 236 g/mol. The molecule has 6 heteroatoms. The number of aliphatic carboxylic acids is 1. The Morgan fingerprint density at radius 2 is 2.17 bits per heavy atom. The van der Waals surface area contributed by atoms with Gasteiger partial charge in [0, 0.05) is 13.6 Å². The minimum Gasteiger partial charge on any atom is -0.480 e. The summed E-state index contributed by atoms with van der Waals surface area (Å²) in [5.74, 6) is -0.360. The number of urea groups is 1. The number of carboxylic acid groups (broad SMARTS) is 1. The van der Waals surface area contributed by atoms with Gasteiger partial charge in [0.15, 0.2) is 0 Å². The van der Waals surface area contributed by atoms with Crippen molar-refractivity contribution in [3.05, 3.63) is 24.2 Å². The monoisotopic (exact) mass is 254 g/mol. The maximum atomic E-state index is 12.1. The molecule has 0 aliphatic heterocycles. The molecule has 0 aliphatic carbocycles. The third kappa shape index (κ3) is 3.26. The van der Waals surface area contributed by atoms with Crippen molar-refractivity contribution >= 4 is 12.0 Å². The van der Waals surface area contributed by atoms with E-state index in [-0.39, 0.29) is 6.03 Å². The summed E-state index contributed by atoms with van der Waals surface area (Å²) in [7, 11) is 1.48. The first-order chi connectivity index (χ1) is 8.47. The van der Waals surface area contributed by atoms with Crippen LogP contribution in [0.15, 0.2) is 22.8 Å². The molecule has 1 heterocycles. The number of rotatable bonds is 5. The molecule has 0 bridgehead atoms. The van der Waals surface area contributed by atoms with Gasteiger partial charge in [0.05, 0.1) is 12.8 Å². The van der Waals surface area contributed by atoms with Crippen LogP contribution in [0.4, 0.5) is 4.79 Å². The van der Waals surface area contributed by atoms with Crippen molar-refractivity contribution in [2.75, 3.05) is 13.6 Å². The first-order valence-electron chi connectivity index (χ1n) is 5.74. The Morgan fingerprint density at radius 3 is 2.61 bits per heavy atom. The highest BCUT2D eigenvalue weighted by atomic mass is 16.4. The fraction of sp³-hybridized carbons (Fsp3) is 0.500. The van der Waals surface area contributed by atoms with Crippen LogP contribution in [0.5, 0.6) is 0 Å². The summed E-state index contributed by atoms with van der Waals surface area (Å²) >= 11 is 0.